The van der Waals surface area contributed by atoms with Crippen LogP contribution in [-0.2, 0) is 0 Å². The first-order chi connectivity index (χ1) is 13.7. The fraction of sp³-hybridized carbons (Fsp3) is 0.240. The first-order valence-corrected chi connectivity index (χ1v) is 9.50. The summed E-state index contributed by atoms with van der Waals surface area (Å²) in [6.45, 7) is 5.87. The maximum absolute atomic E-state index is 5.34. The third kappa shape index (κ3) is 4.18. The molecule has 1 aliphatic heterocycles. The molecule has 28 heavy (non-hydrogen) atoms. The van der Waals surface area contributed by atoms with Crippen molar-refractivity contribution in [3.05, 3.63) is 84.6 Å². The number of aliphatic imine (C=N–C) groups is 1. The van der Waals surface area contributed by atoms with E-state index in [0.29, 0.717) is 5.92 Å². The van der Waals surface area contributed by atoms with E-state index in [1.165, 1.54) is 5.57 Å². The van der Waals surface area contributed by atoms with Gasteiger partial charge in [-0.15, -0.1) is 13.0 Å². The summed E-state index contributed by atoms with van der Waals surface area (Å²) in [5.74, 6) is 4.82. The zero-order valence-corrected chi connectivity index (χ0v) is 16.5. The van der Waals surface area contributed by atoms with Gasteiger partial charge in [0.2, 0.25) is 0 Å². The lowest BCUT2D eigenvalue weighted by molar-refractivity contribution is 0.415. The second-order valence-corrected chi connectivity index (χ2v) is 6.73. The number of hydrogen-bond acceptors (Lipinski definition) is 2. The molecule has 0 aromatic heterocycles. The number of terminal acetylenes is 1. The van der Waals surface area contributed by atoms with E-state index in [1.807, 2.05) is 37.3 Å². The van der Waals surface area contributed by atoms with Crippen LogP contribution in [0.3, 0.4) is 0 Å². The molecule has 0 radical (unpaired) electrons. The largest absolute Gasteiger partial charge is 0.497 e. The number of amidine groups is 1. The van der Waals surface area contributed by atoms with Crippen LogP contribution in [0.4, 0.5) is 5.69 Å². The third-order valence-corrected chi connectivity index (χ3v) is 5.07. The fourth-order valence-corrected chi connectivity index (χ4v) is 3.42. The lowest BCUT2D eigenvalue weighted by Crippen LogP contribution is -2.54. The number of nitrogens with zero attached hydrogens (tertiary/aromatic N) is 2. The number of allylic oxidation sites excluding steroid dienone is 6. The first-order valence-electron chi connectivity index (χ1n) is 9.50. The normalized spacial score (nSPS) is 23.3. The third-order valence-electron chi connectivity index (χ3n) is 5.07. The van der Waals surface area contributed by atoms with Crippen LogP contribution < -0.4 is 9.64 Å². The van der Waals surface area contributed by atoms with E-state index < -0.39 is 0 Å². The Morgan fingerprint density at radius 3 is 2.71 bits per heavy atom. The van der Waals surface area contributed by atoms with Crippen molar-refractivity contribution < 1.29 is 4.74 Å². The van der Waals surface area contributed by atoms with E-state index in [9.17, 15) is 0 Å². The van der Waals surface area contributed by atoms with Crippen molar-refractivity contribution in [2.75, 3.05) is 12.0 Å². The van der Waals surface area contributed by atoms with Crippen molar-refractivity contribution in [2.45, 2.75) is 25.8 Å². The molecule has 1 aromatic rings. The van der Waals surface area contributed by atoms with Gasteiger partial charge in [0.05, 0.1) is 18.8 Å². The SMILES string of the molecule is C#C\C=C/C(=C\C)/N=C1\CC(C2=CCC(C=C)C=C2)N1c1ccc(OC)cc1. The van der Waals surface area contributed by atoms with Crippen LogP contribution in [0, 0.1) is 18.3 Å². The molecule has 0 amide bonds. The summed E-state index contributed by atoms with van der Waals surface area (Å²) in [6, 6.07) is 8.40. The van der Waals surface area contributed by atoms with E-state index in [2.05, 4.69) is 47.8 Å². The van der Waals surface area contributed by atoms with Gasteiger partial charge in [0, 0.05) is 12.1 Å². The second kappa shape index (κ2) is 9.10. The van der Waals surface area contributed by atoms with Crippen LogP contribution >= 0.6 is 0 Å². The van der Waals surface area contributed by atoms with Crippen molar-refractivity contribution in [2.24, 2.45) is 10.9 Å². The number of ether oxygens (including phenoxy) is 1. The second-order valence-electron chi connectivity index (χ2n) is 6.73. The molecule has 1 aromatic carbocycles. The van der Waals surface area contributed by atoms with Gasteiger partial charge in [-0.25, -0.2) is 4.99 Å². The summed E-state index contributed by atoms with van der Waals surface area (Å²) in [5, 5.41) is 0. The molecule has 0 saturated carbocycles. The lowest BCUT2D eigenvalue weighted by atomic mass is 9.86. The van der Waals surface area contributed by atoms with Crippen LogP contribution in [0.15, 0.2) is 89.6 Å². The van der Waals surface area contributed by atoms with Crippen molar-refractivity contribution in [3.63, 3.8) is 0 Å². The molecule has 2 unspecified atom stereocenters. The molecule has 3 nitrogen and oxygen atoms in total. The zero-order valence-electron chi connectivity index (χ0n) is 16.5. The number of methoxy groups -OCH3 is 1. The Kier molecular flexibility index (Phi) is 6.34. The Hall–Kier alpha value is -3.25. The summed E-state index contributed by atoms with van der Waals surface area (Å²) in [6.07, 6.45) is 21.5. The van der Waals surface area contributed by atoms with Crippen molar-refractivity contribution in [1.29, 1.82) is 0 Å². The highest BCUT2D eigenvalue weighted by Crippen LogP contribution is 2.36. The molecule has 1 fully saturated rings. The molecule has 0 N–H and O–H groups in total. The Balaban J connectivity index is 1.91. The quantitative estimate of drug-likeness (QED) is 0.378. The number of benzene rings is 1. The Bertz CT molecular complexity index is 907. The van der Waals surface area contributed by atoms with Crippen molar-refractivity contribution >= 4 is 11.5 Å². The molecule has 0 spiro atoms. The van der Waals surface area contributed by atoms with E-state index >= 15 is 0 Å². The molecule has 2 atom stereocenters. The van der Waals surface area contributed by atoms with Gasteiger partial charge >= 0.3 is 0 Å². The van der Waals surface area contributed by atoms with E-state index in [1.54, 1.807) is 13.2 Å². The highest BCUT2D eigenvalue weighted by atomic mass is 16.5. The summed E-state index contributed by atoms with van der Waals surface area (Å²) in [4.78, 5) is 7.13. The molecule has 1 heterocycles. The minimum atomic E-state index is 0.281. The molecule has 0 bridgehead atoms. The number of anilines is 1. The minimum absolute atomic E-state index is 0.281. The van der Waals surface area contributed by atoms with Crippen molar-refractivity contribution in [1.82, 2.24) is 0 Å². The average Bonchev–Trinajstić information content (AvgIpc) is 2.73. The molecule has 2 aliphatic rings. The summed E-state index contributed by atoms with van der Waals surface area (Å²) < 4.78 is 5.30. The standard InChI is InChI=1S/C25H26N2O/c1-5-8-9-21(7-3)26-25-18-24(20-12-10-19(6-2)11-13-20)27(25)22-14-16-23(28-4)17-15-22/h1,6-10,12-17,19,24H,2,11,18H2,3-4H3/b9-8-,21-7+,26-25+. The minimum Gasteiger partial charge on any atom is -0.497 e. The highest BCUT2D eigenvalue weighted by Gasteiger charge is 2.37. The van der Waals surface area contributed by atoms with E-state index in [-0.39, 0.29) is 6.04 Å². The van der Waals surface area contributed by atoms with Crippen LogP contribution in [0.1, 0.15) is 19.8 Å². The van der Waals surface area contributed by atoms with Gasteiger partial charge in [0.1, 0.15) is 11.6 Å². The molecule has 1 saturated heterocycles. The van der Waals surface area contributed by atoms with Gasteiger partial charge in [-0.05, 0) is 61.3 Å². The first kappa shape index (κ1) is 19.5. The topological polar surface area (TPSA) is 24.8 Å². The number of rotatable bonds is 6. The lowest BCUT2D eigenvalue weighted by Gasteiger charge is -2.45. The predicted molar refractivity (Wildman–Crippen MR) is 119 cm³/mol. The maximum Gasteiger partial charge on any atom is 0.119 e. The molecule has 3 rings (SSSR count). The highest BCUT2D eigenvalue weighted by molar-refractivity contribution is 6.06. The number of hydrogen-bond donors (Lipinski definition) is 0. The van der Waals surface area contributed by atoms with Gasteiger partial charge in [-0.1, -0.05) is 36.3 Å². The van der Waals surface area contributed by atoms with Gasteiger partial charge in [-0.2, -0.15) is 0 Å². The summed E-state index contributed by atoms with van der Waals surface area (Å²) in [7, 11) is 1.68. The predicted octanol–water partition coefficient (Wildman–Crippen LogP) is 5.45. The Labute approximate surface area is 168 Å². The molecular formula is C25H26N2O. The van der Waals surface area contributed by atoms with Gasteiger partial charge in [-0.3, -0.25) is 0 Å². The molecule has 3 heteroatoms. The summed E-state index contributed by atoms with van der Waals surface area (Å²) >= 11 is 0. The van der Waals surface area contributed by atoms with Crippen molar-refractivity contribution in [3.8, 4) is 18.1 Å². The molecule has 142 valence electrons. The Morgan fingerprint density at radius 2 is 2.14 bits per heavy atom. The van der Waals surface area contributed by atoms with Gasteiger partial charge < -0.3 is 9.64 Å². The summed E-state index contributed by atoms with van der Waals surface area (Å²) in [5.41, 5.74) is 3.30. The van der Waals surface area contributed by atoms with Gasteiger partial charge in [0.15, 0.2) is 0 Å². The van der Waals surface area contributed by atoms with Crippen LogP contribution in [0.2, 0.25) is 0 Å². The maximum atomic E-state index is 5.34. The van der Waals surface area contributed by atoms with Crippen LogP contribution in [0.25, 0.3) is 0 Å². The Morgan fingerprint density at radius 1 is 1.36 bits per heavy atom. The average molecular weight is 370 g/mol. The monoisotopic (exact) mass is 370 g/mol. The van der Waals surface area contributed by atoms with E-state index in [4.69, 9.17) is 16.2 Å². The molecule has 1 aliphatic carbocycles. The zero-order chi connectivity index (χ0) is 19.9. The van der Waals surface area contributed by atoms with E-state index in [0.717, 1.165) is 35.8 Å². The van der Waals surface area contributed by atoms with Crippen LogP contribution in [-0.4, -0.2) is 19.0 Å². The molecular weight excluding hydrogens is 344 g/mol. The van der Waals surface area contributed by atoms with Gasteiger partial charge in [0.25, 0.3) is 0 Å². The smallest absolute Gasteiger partial charge is 0.119 e. The van der Waals surface area contributed by atoms with Crippen LogP contribution in [0.5, 0.6) is 5.75 Å². The fourth-order valence-electron chi connectivity index (χ4n) is 3.42.